The van der Waals surface area contributed by atoms with Gasteiger partial charge in [-0.15, -0.1) is 0 Å². The molecule has 0 aliphatic rings. The molecule has 0 saturated heterocycles. The Balaban J connectivity index is 4.73. The van der Waals surface area contributed by atoms with Gasteiger partial charge in [-0.2, -0.15) is 5.01 Å². The molecule has 10 heteroatoms. The fraction of sp³-hybridized carbons (Fsp3) is 0.600. The fourth-order valence-electron chi connectivity index (χ4n) is 1.37. The quantitative estimate of drug-likeness (QED) is 0.241. The second kappa shape index (κ2) is 8.48. The predicted octanol–water partition coefficient (Wildman–Crippen LogP) is -0.429. The molecule has 0 aromatic carbocycles. The third kappa shape index (κ3) is 5.83. The smallest absolute Gasteiger partial charge is 0.245 e. The summed E-state index contributed by atoms with van der Waals surface area (Å²) in [6.45, 7) is 3.02. The van der Waals surface area contributed by atoms with Crippen LogP contribution < -0.4 is 5.32 Å². The van der Waals surface area contributed by atoms with Gasteiger partial charge in [0.05, 0.1) is 0 Å². The highest BCUT2D eigenvalue weighted by molar-refractivity contribution is 5.96. The van der Waals surface area contributed by atoms with Crippen LogP contribution in [-0.2, 0) is 19.2 Å². The number of carbonyl (C=O) groups is 4. The van der Waals surface area contributed by atoms with Gasteiger partial charge in [0.15, 0.2) is 0 Å². The molecule has 0 aromatic rings. The zero-order valence-electron chi connectivity index (χ0n) is 11.5. The minimum absolute atomic E-state index is 0.0610. The third-order valence-electron chi connectivity index (χ3n) is 2.09. The van der Waals surface area contributed by atoms with Crippen LogP contribution in [0.15, 0.2) is 5.11 Å². The highest BCUT2D eigenvalue weighted by Gasteiger charge is 2.26. The molecule has 110 valence electrons. The molecule has 0 heterocycles. The van der Waals surface area contributed by atoms with Gasteiger partial charge >= 0.3 is 0 Å². The molecule has 0 aliphatic heterocycles. The Morgan fingerprint density at radius 3 is 2.05 bits per heavy atom. The summed E-state index contributed by atoms with van der Waals surface area (Å²) in [4.78, 5) is 48.2. The molecule has 0 aliphatic carbocycles. The summed E-state index contributed by atoms with van der Waals surface area (Å²) in [6.07, 6.45) is 0. The van der Waals surface area contributed by atoms with Gasteiger partial charge in [0.2, 0.25) is 23.6 Å². The van der Waals surface area contributed by atoms with Crippen LogP contribution in [0.1, 0.15) is 20.8 Å². The Bertz CT molecular complexity index is 443. The van der Waals surface area contributed by atoms with Crippen molar-refractivity contribution < 1.29 is 19.2 Å². The maximum atomic E-state index is 11.6. The molecular formula is C10H16N6O4. The summed E-state index contributed by atoms with van der Waals surface area (Å²) in [5, 5.41) is 6.94. The highest BCUT2D eigenvalue weighted by atomic mass is 16.2. The number of rotatable bonds is 5. The standard InChI is InChI=1S/C10H16N6O4/c1-7(17)15(16(8(2)18)9(3)19)6-10(20)12-4-5-13-14-11/h4-6H2,1-3H3,(H,12,20). The van der Waals surface area contributed by atoms with Crippen molar-refractivity contribution in [2.24, 2.45) is 5.11 Å². The molecule has 1 N–H and O–H groups in total. The highest BCUT2D eigenvalue weighted by Crippen LogP contribution is 2.01. The second-order valence-electron chi connectivity index (χ2n) is 3.73. The monoisotopic (exact) mass is 284 g/mol. The van der Waals surface area contributed by atoms with Crippen molar-refractivity contribution in [2.45, 2.75) is 20.8 Å². The summed E-state index contributed by atoms with van der Waals surface area (Å²) < 4.78 is 0. The molecular weight excluding hydrogens is 268 g/mol. The summed E-state index contributed by atoms with van der Waals surface area (Å²) in [5.41, 5.74) is 8.06. The Labute approximate surface area is 115 Å². The molecule has 20 heavy (non-hydrogen) atoms. The van der Waals surface area contributed by atoms with Crippen LogP contribution >= 0.6 is 0 Å². The first-order valence-electron chi connectivity index (χ1n) is 5.68. The summed E-state index contributed by atoms with van der Waals surface area (Å²) in [5.74, 6) is -2.55. The van der Waals surface area contributed by atoms with Gasteiger partial charge in [-0.25, -0.2) is 5.01 Å². The molecule has 0 unspecified atom stereocenters. The molecule has 0 spiro atoms. The fourth-order valence-corrected chi connectivity index (χ4v) is 1.37. The van der Waals surface area contributed by atoms with Gasteiger partial charge in [-0.05, 0) is 5.53 Å². The first kappa shape index (κ1) is 17.4. The van der Waals surface area contributed by atoms with Gasteiger partial charge in [0.1, 0.15) is 6.54 Å². The summed E-state index contributed by atoms with van der Waals surface area (Å²) in [7, 11) is 0. The van der Waals surface area contributed by atoms with Gasteiger partial charge in [-0.1, -0.05) is 5.11 Å². The number of imide groups is 1. The Hall–Kier alpha value is -2.61. The SMILES string of the molecule is CC(=O)N(CC(=O)NCCN=[N+]=[N-])N(C(C)=O)C(C)=O. The molecule has 0 radical (unpaired) electrons. The van der Waals surface area contributed by atoms with Crippen LogP contribution in [0.25, 0.3) is 10.4 Å². The Morgan fingerprint density at radius 1 is 1.10 bits per heavy atom. The van der Waals surface area contributed by atoms with Gasteiger partial charge in [0.25, 0.3) is 0 Å². The first-order chi connectivity index (χ1) is 9.31. The average Bonchev–Trinajstić information content (AvgIpc) is 2.32. The van der Waals surface area contributed by atoms with Gasteiger partial charge < -0.3 is 5.32 Å². The van der Waals surface area contributed by atoms with Crippen LogP contribution in [-0.4, -0.2) is 53.3 Å². The minimum Gasteiger partial charge on any atom is -0.354 e. The molecule has 0 aromatic heterocycles. The molecule has 0 rings (SSSR count). The van der Waals surface area contributed by atoms with E-state index < -0.39 is 30.2 Å². The van der Waals surface area contributed by atoms with E-state index in [1.54, 1.807) is 0 Å². The molecule has 4 amide bonds. The van der Waals surface area contributed by atoms with Crippen LogP contribution in [0.2, 0.25) is 0 Å². The van der Waals surface area contributed by atoms with Crippen molar-refractivity contribution in [3.05, 3.63) is 10.4 Å². The number of carbonyl (C=O) groups excluding carboxylic acids is 4. The number of hydrogen-bond donors (Lipinski definition) is 1. The minimum atomic E-state index is -0.672. The maximum Gasteiger partial charge on any atom is 0.245 e. The second-order valence-corrected chi connectivity index (χ2v) is 3.73. The number of hydrogen-bond acceptors (Lipinski definition) is 5. The van der Waals surface area contributed by atoms with Crippen molar-refractivity contribution in [1.82, 2.24) is 15.3 Å². The van der Waals surface area contributed by atoms with E-state index in [2.05, 4.69) is 15.3 Å². The van der Waals surface area contributed by atoms with Crippen molar-refractivity contribution >= 4 is 23.6 Å². The van der Waals surface area contributed by atoms with Crippen molar-refractivity contribution in [2.75, 3.05) is 19.6 Å². The summed E-state index contributed by atoms with van der Waals surface area (Å²) >= 11 is 0. The van der Waals surface area contributed by atoms with Crippen molar-refractivity contribution in [1.29, 1.82) is 0 Å². The molecule has 0 fully saturated rings. The normalized spacial score (nSPS) is 9.15. The van der Waals surface area contributed by atoms with Crippen LogP contribution in [0.5, 0.6) is 0 Å². The molecule has 0 bridgehead atoms. The van der Waals surface area contributed by atoms with Crippen LogP contribution in [0, 0.1) is 0 Å². The largest absolute Gasteiger partial charge is 0.354 e. The Kier molecular flexibility index (Phi) is 7.38. The van der Waals surface area contributed by atoms with E-state index in [4.69, 9.17) is 5.53 Å². The van der Waals surface area contributed by atoms with E-state index in [9.17, 15) is 19.2 Å². The number of nitrogens with one attached hydrogen (secondary N) is 1. The lowest BCUT2D eigenvalue weighted by Gasteiger charge is -2.30. The maximum absolute atomic E-state index is 11.6. The number of azide groups is 1. The van der Waals surface area contributed by atoms with E-state index in [1.807, 2.05) is 0 Å². The average molecular weight is 284 g/mol. The lowest BCUT2D eigenvalue weighted by atomic mass is 10.4. The van der Waals surface area contributed by atoms with E-state index in [-0.39, 0.29) is 13.1 Å². The summed E-state index contributed by atoms with van der Waals surface area (Å²) in [6, 6.07) is 0. The number of amides is 4. The van der Waals surface area contributed by atoms with E-state index in [0.717, 1.165) is 25.8 Å². The van der Waals surface area contributed by atoms with E-state index in [1.165, 1.54) is 0 Å². The molecule has 10 nitrogen and oxygen atoms in total. The van der Waals surface area contributed by atoms with E-state index in [0.29, 0.717) is 5.01 Å². The first-order valence-corrected chi connectivity index (χ1v) is 5.68. The molecule has 0 saturated carbocycles. The molecule has 0 atom stereocenters. The topological polar surface area (TPSA) is 136 Å². The van der Waals surface area contributed by atoms with Gasteiger partial charge in [0, 0.05) is 38.8 Å². The predicted molar refractivity (Wildman–Crippen MR) is 67.6 cm³/mol. The lowest BCUT2D eigenvalue weighted by Crippen LogP contribution is -2.54. The van der Waals surface area contributed by atoms with Crippen LogP contribution in [0.4, 0.5) is 0 Å². The Morgan fingerprint density at radius 2 is 1.65 bits per heavy atom. The van der Waals surface area contributed by atoms with Crippen molar-refractivity contribution in [3.63, 3.8) is 0 Å². The number of hydrazine groups is 1. The van der Waals surface area contributed by atoms with Crippen LogP contribution in [0.3, 0.4) is 0 Å². The zero-order chi connectivity index (χ0) is 15.7. The lowest BCUT2D eigenvalue weighted by molar-refractivity contribution is -0.171. The number of nitrogens with zero attached hydrogens (tertiary/aromatic N) is 5. The van der Waals surface area contributed by atoms with Gasteiger partial charge in [-0.3, -0.25) is 19.2 Å². The van der Waals surface area contributed by atoms with E-state index >= 15 is 0 Å². The zero-order valence-corrected chi connectivity index (χ0v) is 11.5. The van der Waals surface area contributed by atoms with Crippen molar-refractivity contribution in [3.8, 4) is 0 Å². The third-order valence-corrected chi connectivity index (χ3v) is 2.09.